The Morgan fingerprint density at radius 2 is 1.71 bits per heavy atom. The monoisotopic (exact) mass is 465 g/mol. The van der Waals surface area contributed by atoms with Crippen molar-refractivity contribution in [3.05, 3.63) is 71.4 Å². The molecule has 3 rings (SSSR count). The maximum atomic E-state index is 10.6. The molecule has 6 heteroatoms. The molecule has 0 fully saturated rings. The Labute approximate surface area is 204 Å². The summed E-state index contributed by atoms with van der Waals surface area (Å²) in [7, 11) is 0. The van der Waals surface area contributed by atoms with Crippen LogP contribution in [0.15, 0.2) is 54.6 Å². The first-order valence-electron chi connectivity index (χ1n) is 12.2. The van der Waals surface area contributed by atoms with Crippen LogP contribution in [-0.2, 0) is 11.3 Å². The minimum atomic E-state index is -0.545. The molecule has 0 radical (unpaired) electrons. The van der Waals surface area contributed by atoms with E-state index in [-0.39, 0.29) is 0 Å². The molecule has 34 heavy (non-hydrogen) atoms. The molecule has 0 aliphatic heterocycles. The number of rotatable bonds is 13. The highest BCUT2D eigenvalue weighted by atomic mass is 16.5. The summed E-state index contributed by atoms with van der Waals surface area (Å²) < 4.78 is 14.0. The molecule has 0 aliphatic rings. The Morgan fingerprint density at radius 3 is 2.35 bits per heavy atom. The third-order valence-electron chi connectivity index (χ3n) is 5.53. The quantitative estimate of drug-likeness (QED) is 0.360. The van der Waals surface area contributed by atoms with E-state index < -0.39 is 6.10 Å². The third kappa shape index (κ3) is 7.42. The van der Waals surface area contributed by atoms with Crippen LogP contribution in [0.4, 0.5) is 0 Å². The number of para-hydroxylation sites is 1. The number of hydrogen-bond acceptors (Lipinski definition) is 5. The molecule has 2 aromatic carbocycles. The first-order chi connectivity index (χ1) is 16.4. The number of nitrogens with zero attached hydrogens (tertiary/aromatic N) is 3. The van der Waals surface area contributed by atoms with Gasteiger partial charge in [0.05, 0.1) is 29.7 Å². The van der Waals surface area contributed by atoms with E-state index in [0.29, 0.717) is 38.1 Å². The van der Waals surface area contributed by atoms with E-state index in [1.807, 2.05) is 66.2 Å². The summed E-state index contributed by atoms with van der Waals surface area (Å²) in [6.07, 6.45) is 0.441. The molecule has 0 aliphatic carbocycles. The average Bonchev–Trinajstić information content (AvgIpc) is 3.11. The molecular weight excluding hydrogens is 426 g/mol. The molecule has 1 heterocycles. The molecule has 3 aromatic rings. The van der Waals surface area contributed by atoms with Gasteiger partial charge in [-0.1, -0.05) is 56.7 Å². The number of aromatic nitrogens is 2. The predicted molar refractivity (Wildman–Crippen MR) is 137 cm³/mol. The van der Waals surface area contributed by atoms with E-state index in [1.54, 1.807) is 0 Å². The highest BCUT2D eigenvalue weighted by Crippen LogP contribution is 2.32. The summed E-state index contributed by atoms with van der Waals surface area (Å²) in [4.78, 5) is 2.25. The molecule has 1 N–H and O–H groups in total. The lowest BCUT2D eigenvalue weighted by molar-refractivity contribution is 0.00681. The van der Waals surface area contributed by atoms with Gasteiger partial charge in [-0.05, 0) is 57.0 Å². The van der Waals surface area contributed by atoms with Crippen LogP contribution >= 0.6 is 0 Å². The first kappa shape index (κ1) is 25.9. The van der Waals surface area contributed by atoms with E-state index in [0.717, 1.165) is 35.7 Å². The number of aryl methyl sites for hydroxylation is 2. The predicted octanol–water partition coefficient (Wildman–Crippen LogP) is 5.53. The van der Waals surface area contributed by atoms with Gasteiger partial charge in [0, 0.05) is 19.7 Å². The Hall–Kier alpha value is -2.67. The molecule has 0 amide bonds. The van der Waals surface area contributed by atoms with Crippen molar-refractivity contribution in [2.45, 2.75) is 53.7 Å². The lowest BCUT2D eigenvalue weighted by Gasteiger charge is -2.25. The lowest BCUT2D eigenvalue weighted by atomic mass is 10.2. The number of ether oxygens (including phenoxy) is 2. The zero-order chi connectivity index (χ0) is 24.5. The van der Waals surface area contributed by atoms with Gasteiger partial charge in [-0.2, -0.15) is 5.10 Å². The summed E-state index contributed by atoms with van der Waals surface area (Å²) in [6.45, 7) is 13.5. The third-order valence-corrected chi connectivity index (χ3v) is 5.53. The SMILES string of the molecule is CCCN(Cc1c(C)nn(-c2ccccc2)c1Oc1ccc(C)cc1)C[C@@H](O)COCC(C)C. The zero-order valence-electron chi connectivity index (χ0n) is 21.2. The molecule has 1 atom stereocenters. The topological polar surface area (TPSA) is 59.8 Å². The van der Waals surface area contributed by atoms with Crippen molar-refractivity contribution in [3.8, 4) is 17.3 Å². The molecule has 0 spiro atoms. The van der Waals surface area contributed by atoms with Crippen molar-refractivity contribution in [1.82, 2.24) is 14.7 Å². The van der Waals surface area contributed by atoms with E-state index in [2.05, 4.69) is 32.6 Å². The smallest absolute Gasteiger partial charge is 0.227 e. The average molecular weight is 466 g/mol. The normalized spacial score (nSPS) is 12.5. The second-order valence-electron chi connectivity index (χ2n) is 9.35. The van der Waals surface area contributed by atoms with Gasteiger partial charge in [0.25, 0.3) is 0 Å². The van der Waals surface area contributed by atoms with Crippen molar-refractivity contribution in [2.24, 2.45) is 5.92 Å². The van der Waals surface area contributed by atoms with Crippen molar-refractivity contribution in [3.63, 3.8) is 0 Å². The minimum absolute atomic E-state index is 0.341. The van der Waals surface area contributed by atoms with Crippen LogP contribution in [0.25, 0.3) is 5.69 Å². The summed E-state index contributed by atoms with van der Waals surface area (Å²) >= 11 is 0. The largest absolute Gasteiger partial charge is 0.439 e. The number of aliphatic hydroxyl groups excluding tert-OH is 1. The van der Waals surface area contributed by atoms with Crippen molar-refractivity contribution >= 4 is 0 Å². The van der Waals surface area contributed by atoms with Crippen LogP contribution < -0.4 is 4.74 Å². The van der Waals surface area contributed by atoms with Gasteiger partial charge in [0.1, 0.15) is 5.75 Å². The van der Waals surface area contributed by atoms with Gasteiger partial charge in [0.15, 0.2) is 0 Å². The van der Waals surface area contributed by atoms with Crippen molar-refractivity contribution in [2.75, 3.05) is 26.3 Å². The number of hydrogen-bond donors (Lipinski definition) is 1. The Kier molecular flexibility index (Phi) is 9.69. The van der Waals surface area contributed by atoms with Gasteiger partial charge in [0.2, 0.25) is 5.88 Å². The minimum Gasteiger partial charge on any atom is -0.439 e. The maximum Gasteiger partial charge on any atom is 0.227 e. The van der Waals surface area contributed by atoms with Gasteiger partial charge in [-0.15, -0.1) is 0 Å². The summed E-state index contributed by atoms with van der Waals surface area (Å²) in [6, 6.07) is 18.1. The molecule has 184 valence electrons. The van der Waals surface area contributed by atoms with Crippen LogP contribution in [0.2, 0.25) is 0 Å². The van der Waals surface area contributed by atoms with Crippen LogP contribution in [0.1, 0.15) is 44.0 Å². The molecule has 6 nitrogen and oxygen atoms in total. The molecule has 0 unspecified atom stereocenters. The fraction of sp³-hybridized carbons (Fsp3) is 0.464. The van der Waals surface area contributed by atoms with Crippen LogP contribution in [0, 0.1) is 19.8 Å². The van der Waals surface area contributed by atoms with Gasteiger partial charge >= 0.3 is 0 Å². The van der Waals surface area contributed by atoms with Crippen molar-refractivity contribution in [1.29, 1.82) is 0 Å². The maximum absolute atomic E-state index is 10.6. The summed E-state index contributed by atoms with van der Waals surface area (Å²) in [5.74, 6) is 1.93. The second kappa shape index (κ2) is 12.7. The highest BCUT2D eigenvalue weighted by Gasteiger charge is 2.22. The van der Waals surface area contributed by atoms with E-state index in [1.165, 1.54) is 5.56 Å². The molecule has 0 bridgehead atoms. The highest BCUT2D eigenvalue weighted by molar-refractivity contribution is 5.43. The van der Waals surface area contributed by atoms with Gasteiger partial charge in [-0.3, -0.25) is 4.90 Å². The van der Waals surface area contributed by atoms with Crippen LogP contribution in [-0.4, -0.2) is 52.2 Å². The first-order valence-corrected chi connectivity index (χ1v) is 12.2. The fourth-order valence-corrected chi connectivity index (χ4v) is 3.85. The fourth-order valence-electron chi connectivity index (χ4n) is 3.85. The number of benzene rings is 2. The number of aliphatic hydroxyl groups is 1. The summed E-state index contributed by atoms with van der Waals surface area (Å²) in [5, 5.41) is 15.4. The lowest BCUT2D eigenvalue weighted by Crippen LogP contribution is -2.35. The molecule has 0 saturated heterocycles. The standard InChI is InChI=1S/C28H39N3O3/c1-6-16-30(17-25(32)20-33-19-21(2)3)18-27-23(5)29-31(24-10-8-7-9-11-24)28(27)34-26-14-12-22(4)13-15-26/h7-15,21,25,32H,6,16-20H2,1-5H3/t25-/m1/s1. The van der Waals surface area contributed by atoms with E-state index in [4.69, 9.17) is 14.6 Å². The van der Waals surface area contributed by atoms with E-state index in [9.17, 15) is 5.11 Å². The zero-order valence-corrected chi connectivity index (χ0v) is 21.2. The Morgan fingerprint density at radius 1 is 1.00 bits per heavy atom. The molecular formula is C28H39N3O3. The van der Waals surface area contributed by atoms with Gasteiger partial charge in [-0.25, -0.2) is 4.68 Å². The molecule has 0 saturated carbocycles. The summed E-state index contributed by atoms with van der Waals surface area (Å²) in [5.41, 5.74) is 4.07. The van der Waals surface area contributed by atoms with Gasteiger partial charge < -0.3 is 14.6 Å². The van der Waals surface area contributed by atoms with Crippen molar-refractivity contribution < 1.29 is 14.6 Å². The Bertz CT molecular complexity index is 1000. The molecule has 1 aromatic heterocycles. The van der Waals surface area contributed by atoms with E-state index >= 15 is 0 Å². The van der Waals surface area contributed by atoms with Crippen LogP contribution in [0.5, 0.6) is 11.6 Å². The van der Waals surface area contributed by atoms with Crippen LogP contribution in [0.3, 0.4) is 0 Å². The Balaban J connectivity index is 1.87. The second-order valence-corrected chi connectivity index (χ2v) is 9.35.